The lowest BCUT2D eigenvalue weighted by atomic mass is 10.0. The third kappa shape index (κ3) is 3.78. The number of nitrogens with zero attached hydrogens (tertiary/aromatic N) is 6. The first-order chi connectivity index (χ1) is 16.1. The number of fused-ring (bicyclic) bond motifs is 4. The zero-order valence-corrected chi connectivity index (χ0v) is 18.8. The first-order valence-corrected chi connectivity index (χ1v) is 10.9. The zero-order chi connectivity index (χ0) is 22.9. The maximum Gasteiger partial charge on any atom is 0.265 e. The van der Waals surface area contributed by atoms with Crippen molar-refractivity contribution in [1.82, 2.24) is 24.2 Å². The molecule has 0 amide bonds. The Morgan fingerprint density at radius 2 is 1.76 bits per heavy atom. The molecule has 5 rings (SSSR count). The number of hydrogen-bond donors (Lipinski definition) is 0. The first kappa shape index (κ1) is 21.0. The summed E-state index contributed by atoms with van der Waals surface area (Å²) in [5.74, 6) is 0.460. The minimum Gasteiger partial charge on any atom is -0.383 e. The van der Waals surface area contributed by atoms with Crippen molar-refractivity contribution in [3.63, 3.8) is 0 Å². The van der Waals surface area contributed by atoms with Gasteiger partial charge in [-0.3, -0.25) is 9.36 Å². The maximum absolute atomic E-state index is 13.3. The van der Waals surface area contributed by atoms with Crippen LogP contribution in [0.15, 0.2) is 64.8 Å². The molecule has 2 aromatic carbocycles. The van der Waals surface area contributed by atoms with Crippen molar-refractivity contribution in [3.05, 3.63) is 76.3 Å². The van der Waals surface area contributed by atoms with Crippen LogP contribution >= 0.6 is 0 Å². The van der Waals surface area contributed by atoms with E-state index in [4.69, 9.17) is 14.7 Å². The number of para-hydroxylation sites is 2. The normalized spacial score (nSPS) is 12.1. The van der Waals surface area contributed by atoms with Gasteiger partial charge in [-0.2, -0.15) is 9.78 Å². The molecule has 0 aliphatic carbocycles. The number of ether oxygens (including phenoxy) is 1. The van der Waals surface area contributed by atoms with Crippen LogP contribution in [0.25, 0.3) is 33.2 Å². The van der Waals surface area contributed by atoms with Crippen LogP contribution in [-0.2, 0) is 11.3 Å². The summed E-state index contributed by atoms with van der Waals surface area (Å²) in [4.78, 5) is 27.4. The van der Waals surface area contributed by atoms with E-state index in [1.165, 1.54) is 16.5 Å². The molecule has 8 heteroatoms. The molecule has 0 unspecified atom stereocenters. The Balaban J connectivity index is 1.72. The number of rotatable bonds is 6. The summed E-state index contributed by atoms with van der Waals surface area (Å²) in [5.41, 5.74) is 4.86. The molecule has 0 aliphatic heterocycles. The van der Waals surface area contributed by atoms with E-state index in [0.29, 0.717) is 46.8 Å². The Hall–Kier alpha value is -3.91. The Bertz CT molecular complexity index is 1550. The summed E-state index contributed by atoms with van der Waals surface area (Å²) in [7, 11) is 1.60. The highest BCUT2D eigenvalue weighted by atomic mass is 16.5. The topological polar surface area (TPSA) is 87.2 Å². The molecular formula is C25H24N6O2. The summed E-state index contributed by atoms with van der Waals surface area (Å²) in [6.45, 7) is 5.13. The van der Waals surface area contributed by atoms with E-state index in [1.54, 1.807) is 18.0 Å². The molecule has 0 bridgehead atoms. The Morgan fingerprint density at radius 1 is 1.03 bits per heavy atom. The number of methoxy groups -OCH3 is 1. The second kappa shape index (κ2) is 8.55. The molecule has 33 heavy (non-hydrogen) atoms. The second-order valence-corrected chi connectivity index (χ2v) is 8.20. The average Bonchev–Trinajstić information content (AvgIpc) is 3.14. The van der Waals surface area contributed by atoms with Crippen LogP contribution in [0.2, 0.25) is 0 Å². The third-order valence-corrected chi connectivity index (χ3v) is 5.67. The lowest BCUT2D eigenvalue weighted by Crippen LogP contribution is -2.22. The van der Waals surface area contributed by atoms with Crippen molar-refractivity contribution >= 4 is 39.4 Å². The lowest BCUT2D eigenvalue weighted by Gasteiger charge is -2.05. The largest absolute Gasteiger partial charge is 0.383 e. The quantitative estimate of drug-likeness (QED) is 0.373. The standard InChI is InChI=1S/C25H24N6O2/c1-16(2)18-10-8-17(9-11-18)14-27-31-23-21(25(32)30(15-26-23)12-13-33-3)22-24(31)29-20-7-5-4-6-19(20)28-22/h4-11,14-16H,12-13H2,1-3H3/b27-14-. The van der Waals surface area contributed by atoms with E-state index in [0.717, 1.165) is 11.1 Å². The van der Waals surface area contributed by atoms with Gasteiger partial charge in [-0.15, -0.1) is 0 Å². The summed E-state index contributed by atoms with van der Waals surface area (Å²) in [6.07, 6.45) is 3.27. The zero-order valence-electron chi connectivity index (χ0n) is 18.8. The summed E-state index contributed by atoms with van der Waals surface area (Å²) in [6, 6.07) is 15.8. The number of aromatic nitrogens is 5. The van der Waals surface area contributed by atoms with Gasteiger partial charge in [0, 0.05) is 7.11 Å². The van der Waals surface area contributed by atoms with Gasteiger partial charge in [-0.25, -0.2) is 15.0 Å². The molecule has 0 radical (unpaired) electrons. The van der Waals surface area contributed by atoms with Crippen LogP contribution < -0.4 is 5.56 Å². The summed E-state index contributed by atoms with van der Waals surface area (Å²) in [5, 5.41) is 5.06. The minimum absolute atomic E-state index is 0.193. The number of hydrogen-bond acceptors (Lipinski definition) is 6. The lowest BCUT2D eigenvalue weighted by molar-refractivity contribution is 0.186. The predicted octanol–water partition coefficient (Wildman–Crippen LogP) is 3.95. The van der Waals surface area contributed by atoms with Crippen molar-refractivity contribution in [2.45, 2.75) is 26.3 Å². The van der Waals surface area contributed by atoms with E-state index >= 15 is 0 Å². The highest BCUT2D eigenvalue weighted by Gasteiger charge is 2.19. The molecule has 0 aliphatic rings. The van der Waals surface area contributed by atoms with E-state index in [1.807, 2.05) is 36.4 Å². The molecule has 5 aromatic rings. The van der Waals surface area contributed by atoms with Crippen LogP contribution in [-0.4, -0.2) is 44.1 Å². The van der Waals surface area contributed by atoms with Crippen LogP contribution in [0.3, 0.4) is 0 Å². The molecule has 8 nitrogen and oxygen atoms in total. The van der Waals surface area contributed by atoms with Crippen molar-refractivity contribution < 1.29 is 4.74 Å². The third-order valence-electron chi connectivity index (χ3n) is 5.67. The molecule has 166 valence electrons. The van der Waals surface area contributed by atoms with Gasteiger partial charge in [0.2, 0.25) is 0 Å². The fraction of sp³-hybridized carbons (Fsp3) is 0.240. The first-order valence-electron chi connectivity index (χ1n) is 10.9. The van der Waals surface area contributed by atoms with Gasteiger partial charge < -0.3 is 4.74 Å². The van der Waals surface area contributed by atoms with Crippen LogP contribution in [0, 0.1) is 0 Å². The molecule has 3 aromatic heterocycles. The highest BCUT2D eigenvalue weighted by molar-refractivity contribution is 6.04. The predicted molar refractivity (Wildman–Crippen MR) is 130 cm³/mol. The SMILES string of the molecule is COCCn1cnc2c(c1=O)c1nc3ccccc3nc1n2/N=C\c1ccc(C(C)C)cc1. The van der Waals surface area contributed by atoms with E-state index in [9.17, 15) is 4.79 Å². The van der Waals surface area contributed by atoms with Crippen molar-refractivity contribution in [2.75, 3.05) is 13.7 Å². The summed E-state index contributed by atoms with van der Waals surface area (Å²) >= 11 is 0. The fourth-order valence-electron chi connectivity index (χ4n) is 3.80. The minimum atomic E-state index is -0.193. The smallest absolute Gasteiger partial charge is 0.265 e. The van der Waals surface area contributed by atoms with E-state index in [2.05, 4.69) is 36.1 Å². The van der Waals surface area contributed by atoms with Gasteiger partial charge in [0.1, 0.15) is 17.2 Å². The van der Waals surface area contributed by atoms with Crippen molar-refractivity contribution in [1.29, 1.82) is 0 Å². The Labute approximate surface area is 190 Å². The molecule has 0 N–H and O–H groups in total. The van der Waals surface area contributed by atoms with Crippen LogP contribution in [0.4, 0.5) is 0 Å². The average molecular weight is 441 g/mol. The van der Waals surface area contributed by atoms with Crippen LogP contribution in [0.5, 0.6) is 0 Å². The van der Waals surface area contributed by atoms with Gasteiger partial charge in [-0.1, -0.05) is 50.2 Å². The molecule has 0 saturated carbocycles. The van der Waals surface area contributed by atoms with E-state index < -0.39 is 0 Å². The number of benzene rings is 2. The molecule has 0 fully saturated rings. The summed E-state index contributed by atoms with van der Waals surface area (Å²) < 4.78 is 8.26. The molecule has 0 atom stereocenters. The maximum atomic E-state index is 13.3. The molecular weight excluding hydrogens is 416 g/mol. The Kier molecular flexibility index (Phi) is 5.43. The molecule has 0 spiro atoms. The molecule has 3 heterocycles. The van der Waals surface area contributed by atoms with E-state index in [-0.39, 0.29) is 5.56 Å². The highest BCUT2D eigenvalue weighted by Crippen LogP contribution is 2.25. The van der Waals surface area contributed by atoms with Crippen molar-refractivity contribution in [2.24, 2.45) is 5.10 Å². The van der Waals surface area contributed by atoms with Crippen molar-refractivity contribution in [3.8, 4) is 0 Å². The second-order valence-electron chi connectivity index (χ2n) is 8.20. The fourth-order valence-corrected chi connectivity index (χ4v) is 3.80. The van der Waals surface area contributed by atoms with Gasteiger partial charge >= 0.3 is 0 Å². The van der Waals surface area contributed by atoms with Gasteiger partial charge in [0.15, 0.2) is 11.3 Å². The van der Waals surface area contributed by atoms with Gasteiger partial charge in [0.25, 0.3) is 5.56 Å². The van der Waals surface area contributed by atoms with Gasteiger partial charge in [-0.05, 0) is 29.2 Å². The molecule has 0 saturated heterocycles. The Morgan fingerprint density at radius 3 is 2.45 bits per heavy atom. The van der Waals surface area contributed by atoms with Gasteiger partial charge in [0.05, 0.1) is 30.4 Å². The monoisotopic (exact) mass is 440 g/mol. The van der Waals surface area contributed by atoms with Crippen LogP contribution in [0.1, 0.15) is 30.9 Å².